The van der Waals surface area contributed by atoms with Gasteiger partial charge in [-0.3, -0.25) is 9.69 Å². The number of hydrogen-bond acceptors (Lipinski definition) is 8. The van der Waals surface area contributed by atoms with E-state index in [1.807, 2.05) is 0 Å². The highest BCUT2D eigenvalue weighted by Gasteiger charge is 2.39. The fraction of sp³-hybridized carbons (Fsp3) is 0.394. The first-order valence-corrected chi connectivity index (χ1v) is 15.0. The van der Waals surface area contributed by atoms with Crippen molar-refractivity contribution in [3.05, 3.63) is 82.0 Å². The van der Waals surface area contributed by atoms with Crippen molar-refractivity contribution in [1.82, 2.24) is 4.98 Å². The second-order valence-corrected chi connectivity index (χ2v) is 11.1. The van der Waals surface area contributed by atoms with Crippen molar-refractivity contribution in [2.45, 2.75) is 57.0 Å². The molecule has 10 nitrogen and oxygen atoms in total. The van der Waals surface area contributed by atoms with Gasteiger partial charge in [-0.1, -0.05) is 6.92 Å². The van der Waals surface area contributed by atoms with Crippen LogP contribution in [-0.2, 0) is 33.0 Å². The van der Waals surface area contributed by atoms with Crippen LogP contribution in [0.4, 0.5) is 42.6 Å². The summed E-state index contributed by atoms with van der Waals surface area (Å²) in [5.74, 6) is -0.837. The van der Waals surface area contributed by atoms with Crippen molar-refractivity contribution in [3.8, 4) is 11.8 Å². The van der Waals surface area contributed by atoms with E-state index in [4.69, 9.17) is 19.3 Å². The van der Waals surface area contributed by atoms with Crippen molar-refractivity contribution in [3.63, 3.8) is 0 Å². The van der Waals surface area contributed by atoms with Gasteiger partial charge in [0.1, 0.15) is 24.8 Å². The van der Waals surface area contributed by atoms with Crippen molar-refractivity contribution in [1.29, 1.82) is 5.26 Å². The average molecular weight is 695 g/mol. The maximum atomic E-state index is 13.9. The number of halogens is 6. The Morgan fingerprint density at radius 2 is 1.78 bits per heavy atom. The lowest BCUT2D eigenvalue weighted by atomic mass is 9.88. The molecule has 2 N–H and O–H groups in total. The van der Waals surface area contributed by atoms with E-state index in [9.17, 15) is 41.2 Å². The fourth-order valence-corrected chi connectivity index (χ4v) is 5.44. The zero-order chi connectivity index (χ0) is 35.9. The first-order chi connectivity index (χ1) is 23.1. The van der Waals surface area contributed by atoms with Gasteiger partial charge >= 0.3 is 24.4 Å². The number of amides is 1. The van der Waals surface area contributed by atoms with E-state index >= 15 is 0 Å². The molecule has 1 aliphatic heterocycles. The second-order valence-electron chi connectivity index (χ2n) is 11.1. The normalized spacial score (nSPS) is 16.0. The number of alkyl halides is 6. The molecule has 0 unspecified atom stereocenters. The van der Waals surface area contributed by atoms with Gasteiger partial charge in [0, 0.05) is 25.1 Å². The Bertz CT molecular complexity index is 1710. The Hall–Kier alpha value is -5.04. The third-order valence-corrected chi connectivity index (χ3v) is 7.72. The highest BCUT2D eigenvalue weighted by Crippen LogP contribution is 2.44. The average Bonchev–Trinajstić information content (AvgIpc) is 3.04. The minimum Gasteiger partial charge on any atom is -0.490 e. The van der Waals surface area contributed by atoms with E-state index in [1.165, 1.54) is 30.3 Å². The van der Waals surface area contributed by atoms with Gasteiger partial charge < -0.3 is 24.6 Å². The van der Waals surface area contributed by atoms with Gasteiger partial charge in [0.15, 0.2) is 0 Å². The molecule has 0 fully saturated rings. The van der Waals surface area contributed by atoms with Crippen molar-refractivity contribution >= 4 is 23.6 Å². The molecule has 0 saturated heterocycles. The molecule has 0 radical (unpaired) electrons. The summed E-state index contributed by atoms with van der Waals surface area (Å²) >= 11 is 0. The van der Waals surface area contributed by atoms with Gasteiger partial charge in [0.2, 0.25) is 0 Å². The molecule has 2 heterocycles. The molecule has 1 aromatic heterocycles. The minimum atomic E-state index is -4.74. The van der Waals surface area contributed by atoms with Gasteiger partial charge in [-0.05, 0) is 66.4 Å². The van der Waals surface area contributed by atoms with Crippen LogP contribution in [0, 0.1) is 11.3 Å². The van der Waals surface area contributed by atoms with E-state index in [0.29, 0.717) is 12.0 Å². The van der Waals surface area contributed by atoms with E-state index < -0.39 is 60.7 Å². The molecular weight excluding hydrogens is 662 g/mol. The summed E-state index contributed by atoms with van der Waals surface area (Å²) in [5.41, 5.74) is -1.64. The van der Waals surface area contributed by atoms with Crippen LogP contribution in [0.1, 0.15) is 65.6 Å². The minimum absolute atomic E-state index is 0.0636. The Kier molecular flexibility index (Phi) is 11.6. The van der Waals surface area contributed by atoms with Crippen LogP contribution in [0.2, 0.25) is 0 Å². The molecule has 0 spiro atoms. The van der Waals surface area contributed by atoms with Crippen LogP contribution in [0.3, 0.4) is 0 Å². The standard InChI is InChI=1S/C33H32F6N4O6/c1-3-24-16-27(26-15-22(32(34,35)36)4-5-28(26)43(24)31(46)49-7-6-29(44)45)42-30-21(14-25(18-41-30)48-9-8-47-2)11-19-10-20(17-40)13-23(12-19)33(37,38)39/h4-5,10,12-15,18,24,27H,3,6-9,11,16H2,1-2H3,(H,41,42)(H,44,45)/t24-,27+/m1/s1. The summed E-state index contributed by atoms with van der Waals surface area (Å²) in [7, 11) is 1.47. The van der Waals surface area contributed by atoms with E-state index in [-0.39, 0.29) is 60.0 Å². The number of pyridine rings is 1. The molecule has 1 amide bonds. The lowest BCUT2D eigenvalue weighted by molar-refractivity contribution is -0.138. The SMILES string of the molecule is CC[C@@H]1C[C@H](Nc2ncc(OCCOC)cc2Cc2cc(C#N)cc(C(F)(F)F)c2)c2cc(C(F)(F)F)ccc2N1C(=O)OCCC(=O)O. The molecule has 0 aliphatic carbocycles. The lowest BCUT2D eigenvalue weighted by Crippen LogP contribution is -2.46. The number of ether oxygens (including phenoxy) is 3. The molecule has 262 valence electrons. The number of rotatable bonds is 12. The molecular formula is C33H32F6N4O6. The van der Waals surface area contributed by atoms with Gasteiger partial charge in [-0.25, -0.2) is 9.78 Å². The third-order valence-electron chi connectivity index (χ3n) is 7.72. The molecule has 49 heavy (non-hydrogen) atoms. The van der Waals surface area contributed by atoms with E-state index in [2.05, 4.69) is 10.3 Å². The van der Waals surface area contributed by atoms with Crippen LogP contribution in [0.5, 0.6) is 5.75 Å². The largest absolute Gasteiger partial charge is 0.490 e. The van der Waals surface area contributed by atoms with Crippen LogP contribution >= 0.6 is 0 Å². The van der Waals surface area contributed by atoms with Crippen LogP contribution in [0.25, 0.3) is 0 Å². The molecule has 2 aromatic carbocycles. The van der Waals surface area contributed by atoms with Gasteiger partial charge in [-0.15, -0.1) is 0 Å². The Balaban J connectivity index is 1.78. The third kappa shape index (κ3) is 9.32. The molecule has 1 aliphatic rings. The highest BCUT2D eigenvalue weighted by atomic mass is 19.4. The molecule has 4 rings (SSSR count). The van der Waals surface area contributed by atoms with E-state index in [0.717, 1.165) is 30.3 Å². The summed E-state index contributed by atoms with van der Waals surface area (Å²) < 4.78 is 98.4. The Labute approximate surface area is 277 Å². The van der Waals surface area contributed by atoms with Crippen LogP contribution < -0.4 is 15.0 Å². The number of carboxylic acid groups (broad SMARTS) is 1. The number of aliphatic carboxylic acids is 1. The van der Waals surface area contributed by atoms with E-state index in [1.54, 1.807) is 13.0 Å². The Morgan fingerprint density at radius 1 is 1.04 bits per heavy atom. The summed E-state index contributed by atoms with van der Waals surface area (Å²) in [6.07, 6.45) is -9.30. The van der Waals surface area contributed by atoms with Crippen LogP contribution in [0.15, 0.2) is 48.7 Å². The number of anilines is 2. The van der Waals surface area contributed by atoms with Crippen LogP contribution in [-0.4, -0.2) is 55.1 Å². The Morgan fingerprint density at radius 3 is 2.41 bits per heavy atom. The number of nitrogens with zero attached hydrogens (tertiary/aromatic N) is 3. The summed E-state index contributed by atoms with van der Waals surface area (Å²) in [4.78, 5) is 29.7. The summed E-state index contributed by atoms with van der Waals surface area (Å²) in [6.45, 7) is 1.65. The highest BCUT2D eigenvalue weighted by molar-refractivity contribution is 5.90. The molecule has 16 heteroatoms. The van der Waals surface area contributed by atoms with Crippen molar-refractivity contribution < 1.29 is 55.2 Å². The number of aromatic nitrogens is 1. The number of carbonyl (C=O) groups excluding carboxylic acids is 1. The lowest BCUT2D eigenvalue weighted by Gasteiger charge is -2.40. The monoisotopic (exact) mass is 694 g/mol. The quantitative estimate of drug-likeness (QED) is 0.147. The molecule has 0 bridgehead atoms. The predicted octanol–water partition coefficient (Wildman–Crippen LogP) is 7.36. The number of hydrogen-bond donors (Lipinski definition) is 2. The fourth-order valence-electron chi connectivity index (χ4n) is 5.44. The second kappa shape index (κ2) is 15.5. The molecule has 2 atom stereocenters. The number of nitrogens with one attached hydrogen (secondary N) is 1. The topological polar surface area (TPSA) is 134 Å². The number of carbonyl (C=O) groups is 2. The predicted molar refractivity (Wildman–Crippen MR) is 163 cm³/mol. The maximum absolute atomic E-state index is 13.9. The number of nitriles is 1. The van der Waals surface area contributed by atoms with Crippen molar-refractivity contribution in [2.75, 3.05) is 37.1 Å². The van der Waals surface area contributed by atoms with Crippen molar-refractivity contribution in [2.24, 2.45) is 0 Å². The maximum Gasteiger partial charge on any atom is 0.416 e. The first kappa shape index (κ1) is 36.8. The molecule has 3 aromatic rings. The van der Waals surface area contributed by atoms with Gasteiger partial charge in [0.25, 0.3) is 0 Å². The summed E-state index contributed by atoms with van der Waals surface area (Å²) in [5, 5.41) is 21.5. The van der Waals surface area contributed by atoms with Gasteiger partial charge in [-0.2, -0.15) is 31.6 Å². The molecule has 0 saturated carbocycles. The smallest absolute Gasteiger partial charge is 0.416 e. The first-order valence-electron chi connectivity index (χ1n) is 15.0. The number of methoxy groups -OCH3 is 1. The number of benzene rings is 2. The van der Waals surface area contributed by atoms with Gasteiger partial charge in [0.05, 0.1) is 53.7 Å². The zero-order valence-electron chi connectivity index (χ0n) is 26.3. The zero-order valence-corrected chi connectivity index (χ0v) is 26.3. The number of carboxylic acids is 1. The summed E-state index contributed by atoms with van der Waals surface area (Å²) in [6, 6.07) is 7.54. The number of fused-ring (bicyclic) bond motifs is 1.